The van der Waals surface area contributed by atoms with Gasteiger partial charge in [-0.15, -0.1) is 0 Å². The zero-order valence-corrected chi connectivity index (χ0v) is 17.1. The third kappa shape index (κ3) is 4.38. The second-order valence-electron chi connectivity index (χ2n) is 7.48. The predicted molar refractivity (Wildman–Crippen MR) is 117 cm³/mol. The van der Waals surface area contributed by atoms with Gasteiger partial charge in [0.05, 0.1) is 6.04 Å². The van der Waals surface area contributed by atoms with Crippen molar-refractivity contribution in [1.82, 2.24) is 5.32 Å². The molecular weight excluding hydrogens is 394 g/mol. The number of fused-ring (bicyclic) bond motifs is 3. The number of hydrogen-bond acceptors (Lipinski definition) is 4. The number of carbonyl (C=O) groups excluding carboxylic acids is 1. The minimum atomic E-state index is -1.06. The highest BCUT2D eigenvalue weighted by Crippen LogP contribution is 2.44. The van der Waals surface area contributed by atoms with E-state index in [9.17, 15) is 14.7 Å². The largest absolute Gasteiger partial charge is 0.491 e. The van der Waals surface area contributed by atoms with Crippen LogP contribution in [0.5, 0.6) is 5.75 Å². The zero-order chi connectivity index (χ0) is 21.8. The Morgan fingerprint density at radius 2 is 1.52 bits per heavy atom. The van der Waals surface area contributed by atoms with E-state index < -0.39 is 12.1 Å². The van der Waals surface area contributed by atoms with E-state index in [1.807, 2.05) is 24.3 Å². The number of carbonyl (C=O) groups is 2. The first-order chi connectivity index (χ1) is 15.0. The molecule has 1 atom stereocenters. The lowest BCUT2D eigenvalue weighted by Gasteiger charge is -2.18. The molecule has 0 aliphatic heterocycles. The van der Waals surface area contributed by atoms with Gasteiger partial charge in [0.25, 0.3) is 0 Å². The van der Waals surface area contributed by atoms with Crippen LogP contribution in [0, 0.1) is 0 Å². The van der Waals surface area contributed by atoms with Gasteiger partial charge in [0, 0.05) is 5.92 Å². The molecule has 0 bridgehead atoms. The first kappa shape index (κ1) is 20.5. The summed E-state index contributed by atoms with van der Waals surface area (Å²) in [6.07, 6.45) is -0.538. The molecule has 1 aliphatic carbocycles. The van der Waals surface area contributed by atoms with E-state index in [2.05, 4.69) is 29.6 Å². The normalized spacial score (nSPS) is 13.1. The number of hydrogen-bond donors (Lipinski definition) is 2. The average Bonchev–Trinajstić information content (AvgIpc) is 3.10. The van der Waals surface area contributed by atoms with Crippen LogP contribution in [0.1, 0.15) is 34.3 Å². The molecule has 0 spiro atoms. The van der Waals surface area contributed by atoms with Crippen LogP contribution in [0.25, 0.3) is 11.1 Å². The van der Waals surface area contributed by atoms with E-state index in [1.165, 1.54) is 17.2 Å². The van der Waals surface area contributed by atoms with Gasteiger partial charge in [-0.05, 0) is 41.3 Å². The number of alkyl carbamates (subject to hydrolysis) is 1. The van der Waals surface area contributed by atoms with Crippen molar-refractivity contribution in [2.75, 3.05) is 13.2 Å². The first-order valence-corrected chi connectivity index (χ1v) is 10.1. The smallest absolute Gasteiger partial charge is 0.407 e. The molecule has 0 heterocycles. The van der Waals surface area contributed by atoms with Crippen LogP contribution in [0.4, 0.5) is 4.79 Å². The zero-order valence-electron chi connectivity index (χ0n) is 17.1. The summed E-state index contributed by atoms with van der Waals surface area (Å²) in [5.41, 5.74) is 4.73. The quantitative estimate of drug-likeness (QED) is 0.583. The van der Waals surface area contributed by atoms with Crippen LogP contribution in [-0.4, -0.2) is 36.4 Å². The van der Waals surface area contributed by atoms with Crippen LogP contribution < -0.4 is 10.1 Å². The summed E-state index contributed by atoms with van der Waals surface area (Å²) in [5.74, 6) is -0.809. The maximum Gasteiger partial charge on any atom is 0.407 e. The van der Waals surface area contributed by atoms with E-state index in [0.717, 1.165) is 11.1 Å². The molecule has 1 unspecified atom stereocenters. The van der Waals surface area contributed by atoms with E-state index in [0.29, 0.717) is 0 Å². The Labute approximate surface area is 180 Å². The van der Waals surface area contributed by atoms with Crippen molar-refractivity contribution in [3.8, 4) is 16.9 Å². The fourth-order valence-electron chi connectivity index (χ4n) is 3.87. The summed E-state index contributed by atoms with van der Waals surface area (Å²) in [4.78, 5) is 23.6. The fourth-order valence-corrected chi connectivity index (χ4v) is 3.87. The Morgan fingerprint density at radius 1 is 0.935 bits per heavy atom. The van der Waals surface area contributed by atoms with Gasteiger partial charge >= 0.3 is 12.1 Å². The Balaban J connectivity index is 1.33. The van der Waals surface area contributed by atoms with Gasteiger partial charge in [-0.3, -0.25) is 0 Å². The fraction of sp³-hybridized carbons (Fsp3) is 0.200. The van der Waals surface area contributed by atoms with Crippen molar-refractivity contribution >= 4 is 12.1 Å². The third-order valence-corrected chi connectivity index (χ3v) is 5.31. The van der Waals surface area contributed by atoms with Crippen molar-refractivity contribution in [3.63, 3.8) is 0 Å². The molecule has 0 radical (unpaired) electrons. The summed E-state index contributed by atoms with van der Waals surface area (Å²) in [5, 5.41) is 12.0. The van der Waals surface area contributed by atoms with E-state index in [1.54, 1.807) is 25.1 Å². The average molecular weight is 417 g/mol. The molecule has 0 saturated carbocycles. The van der Waals surface area contributed by atoms with Crippen molar-refractivity contribution in [3.05, 3.63) is 89.5 Å². The highest BCUT2D eigenvalue weighted by Gasteiger charge is 2.29. The third-order valence-electron chi connectivity index (χ3n) is 5.31. The minimum absolute atomic E-state index is 0.00727. The number of rotatable bonds is 7. The molecule has 6 heteroatoms. The highest BCUT2D eigenvalue weighted by atomic mass is 16.5. The molecule has 6 nitrogen and oxygen atoms in total. The number of amides is 1. The maximum atomic E-state index is 12.3. The SMILES string of the molecule is CC(COc1ccccc1C(=O)O)NC(=O)OCC1c2ccccc2-c2ccccc21. The van der Waals surface area contributed by atoms with E-state index in [4.69, 9.17) is 9.47 Å². The number of carboxylic acids is 1. The highest BCUT2D eigenvalue weighted by molar-refractivity contribution is 5.90. The van der Waals surface area contributed by atoms with Gasteiger partial charge in [0.15, 0.2) is 0 Å². The van der Waals surface area contributed by atoms with Crippen molar-refractivity contribution < 1.29 is 24.2 Å². The van der Waals surface area contributed by atoms with Gasteiger partial charge in [0.2, 0.25) is 0 Å². The van der Waals surface area contributed by atoms with Crippen LogP contribution in [-0.2, 0) is 4.74 Å². The van der Waals surface area contributed by atoms with Crippen molar-refractivity contribution in [2.24, 2.45) is 0 Å². The van der Waals surface area contributed by atoms with Gasteiger partial charge in [-0.25, -0.2) is 9.59 Å². The lowest BCUT2D eigenvalue weighted by Crippen LogP contribution is -2.37. The summed E-state index contributed by atoms with van der Waals surface area (Å²) < 4.78 is 11.1. The number of para-hydroxylation sites is 1. The minimum Gasteiger partial charge on any atom is -0.491 e. The van der Waals surface area contributed by atoms with E-state index >= 15 is 0 Å². The summed E-state index contributed by atoms with van der Waals surface area (Å²) >= 11 is 0. The Morgan fingerprint density at radius 3 is 2.16 bits per heavy atom. The maximum absolute atomic E-state index is 12.3. The monoisotopic (exact) mass is 417 g/mol. The number of benzene rings is 3. The predicted octanol–water partition coefficient (Wildman–Crippen LogP) is 4.69. The molecule has 0 saturated heterocycles. The molecular formula is C25H23NO5. The van der Waals surface area contributed by atoms with Crippen LogP contribution in [0.3, 0.4) is 0 Å². The summed E-state index contributed by atoms with van der Waals surface area (Å²) in [7, 11) is 0. The van der Waals surface area contributed by atoms with Gasteiger partial charge < -0.3 is 19.9 Å². The van der Waals surface area contributed by atoms with Crippen LogP contribution in [0.15, 0.2) is 72.8 Å². The number of aromatic carboxylic acids is 1. The number of ether oxygens (including phenoxy) is 2. The van der Waals surface area contributed by atoms with Gasteiger partial charge in [0.1, 0.15) is 24.5 Å². The molecule has 158 valence electrons. The summed E-state index contributed by atoms with van der Waals surface area (Å²) in [6, 6.07) is 22.3. The molecule has 0 fully saturated rings. The number of nitrogens with one attached hydrogen (secondary N) is 1. The second kappa shape index (κ2) is 8.92. The molecule has 0 aromatic heterocycles. The lowest BCUT2D eigenvalue weighted by atomic mass is 9.98. The number of carboxylic acid groups (broad SMARTS) is 1. The lowest BCUT2D eigenvalue weighted by molar-refractivity contribution is 0.0691. The first-order valence-electron chi connectivity index (χ1n) is 10.1. The second-order valence-corrected chi connectivity index (χ2v) is 7.48. The molecule has 31 heavy (non-hydrogen) atoms. The Kier molecular flexibility index (Phi) is 5.89. The molecule has 1 amide bonds. The topological polar surface area (TPSA) is 84.9 Å². The molecule has 1 aliphatic rings. The standard InChI is InChI=1S/C25H23NO5/c1-16(14-30-23-13-7-6-12-21(23)24(27)28)26-25(29)31-15-22-19-10-4-2-8-17(19)18-9-3-5-11-20(18)22/h2-13,16,22H,14-15H2,1H3,(H,26,29)(H,27,28). The van der Waals surface area contributed by atoms with Crippen LogP contribution in [0.2, 0.25) is 0 Å². The Bertz CT molecular complexity index is 1060. The summed E-state index contributed by atoms with van der Waals surface area (Å²) in [6.45, 7) is 2.12. The van der Waals surface area contributed by atoms with Crippen molar-refractivity contribution in [2.45, 2.75) is 18.9 Å². The van der Waals surface area contributed by atoms with Gasteiger partial charge in [-0.2, -0.15) is 0 Å². The van der Waals surface area contributed by atoms with E-state index in [-0.39, 0.29) is 36.5 Å². The molecule has 3 aromatic carbocycles. The van der Waals surface area contributed by atoms with Gasteiger partial charge in [-0.1, -0.05) is 60.7 Å². The molecule has 4 rings (SSSR count). The molecule has 3 aromatic rings. The Hall–Kier alpha value is -3.80. The van der Waals surface area contributed by atoms with Crippen LogP contribution >= 0.6 is 0 Å². The van der Waals surface area contributed by atoms with Crippen molar-refractivity contribution in [1.29, 1.82) is 0 Å². The molecule has 2 N–H and O–H groups in total.